The number of carbonyl (C=O) groups excluding carboxylic acids is 1. The monoisotopic (exact) mass is 652 g/mol. The number of carbonyl (C=O) groups is 1. The third kappa shape index (κ3) is 17.1. The number of nitrogens with one attached hydrogen (secondary N) is 1. The normalized spacial score (nSPS) is 20.4. The molecule has 2 N–H and O–H groups in total. The van der Waals surface area contributed by atoms with Crippen molar-refractivity contribution in [1.82, 2.24) is 9.55 Å². The fourth-order valence-electron chi connectivity index (χ4n) is 5.80. The van der Waals surface area contributed by atoms with Crippen molar-refractivity contribution in [3.8, 4) is 0 Å². The highest BCUT2D eigenvalue weighted by Crippen LogP contribution is 2.39. The summed E-state index contributed by atoms with van der Waals surface area (Å²) in [7, 11) is -2.49. The van der Waals surface area contributed by atoms with Crippen LogP contribution in [0.15, 0.2) is 33.7 Å². The van der Waals surface area contributed by atoms with Crippen LogP contribution in [0.4, 0.5) is 0 Å². The number of aromatic amines is 1. The molecule has 0 unspecified atom stereocenters. The molecule has 45 heavy (non-hydrogen) atoms. The van der Waals surface area contributed by atoms with Crippen LogP contribution >= 0.6 is 7.14 Å². The summed E-state index contributed by atoms with van der Waals surface area (Å²) in [5.41, 5.74) is -1.18. The Kier molecular flexibility index (Phi) is 19.8. The Bertz CT molecular complexity index is 1140. The fraction of sp³-hybridized carbons (Fsp3) is 0.800. The van der Waals surface area contributed by atoms with E-state index in [0.29, 0.717) is 25.2 Å². The molecule has 1 aromatic heterocycles. The number of nitrogens with zero attached hydrogens (tertiary/aromatic N) is 1. The summed E-state index contributed by atoms with van der Waals surface area (Å²) in [5, 5.41) is 10.9. The van der Waals surface area contributed by atoms with Crippen LogP contribution in [-0.2, 0) is 18.8 Å². The van der Waals surface area contributed by atoms with Gasteiger partial charge in [0.1, 0.15) is 31.2 Å². The van der Waals surface area contributed by atoms with Crippen molar-refractivity contribution in [2.24, 2.45) is 0 Å². The number of rotatable bonds is 26. The molecule has 2 rings (SSSR count). The molecule has 258 valence electrons. The highest BCUT2D eigenvalue weighted by atomic mass is 31.2. The maximum Gasteiger partial charge on any atom is 0.330 e. The quantitative estimate of drug-likeness (QED) is 0.0775. The average molecular weight is 653 g/mol. The standard InChI is InChI=1S/C35H61N2O7P/c1-4-5-6-7-8-9-10-11-12-13-14-16-19-22-29(38)23-20-17-15-18-21-27-43-33-32(40)30(25-28-45(2,3)42)44-34(33)37-26-24-31(39)36-35(37)41/h24-26,28,30,32-34,40H,4-23,27H2,1-3H3,(H,36,39,41)/b28-25+/t30-,32-,33-,34-/m1/s1. The van der Waals surface area contributed by atoms with Crippen LogP contribution in [0, 0.1) is 0 Å². The van der Waals surface area contributed by atoms with E-state index in [1.807, 2.05) is 0 Å². The van der Waals surface area contributed by atoms with Crippen LogP contribution in [0.2, 0.25) is 0 Å². The van der Waals surface area contributed by atoms with Gasteiger partial charge in [-0.05, 0) is 44.5 Å². The van der Waals surface area contributed by atoms with Crippen LogP contribution in [0.5, 0.6) is 0 Å². The second kappa shape index (κ2) is 22.7. The Labute approximate surface area is 270 Å². The van der Waals surface area contributed by atoms with Gasteiger partial charge in [0.15, 0.2) is 6.23 Å². The first kappa shape index (κ1) is 39.4. The van der Waals surface area contributed by atoms with Crippen molar-refractivity contribution in [3.05, 3.63) is 45.0 Å². The number of ketones is 1. The van der Waals surface area contributed by atoms with Crippen molar-refractivity contribution in [1.29, 1.82) is 0 Å². The van der Waals surface area contributed by atoms with Crippen molar-refractivity contribution in [2.75, 3.05) is 19.9 Å². The molecule has 1 aromatic rings. The van der Waals surface area contributed by atoms with E-state index in [9.17, 15) is 24.1 Å². The molecule has 0 aromatic carbocycles. The number of unbranched alkanes of at least 4 members (excludes halogenated alkanes) is 16. The van der Waals surface area contributed by atoms with Crippen molar-refractivity contribution < 1.29 is 23.9 Å². The molecule has 0 bridgehead atoms. The third-order valence-electron chi connectivity index (χ3n) is 8.48. The van der Waals surface area contributed by atoms with Gasteiger partial charge in [-0.1, -0.05) is 103 Å². The second-order valence-corrected chi connectivity index (χ2v) is 16.3. The van der Waals surface area contributed by atoms with E-state index in [1.165, 1.54) is 93.3 Å². The largest absolute Gasteiger partial charge is 0.387 e. The molecule has 0 spiro atoms. The molecule has 9 nitrogen and oxygen atoms in total. The molecular formula is C35H61N2O7P. The van der Waals surface area contributed by atoms with Gasteiger partial charge in [-0.25, -0.2) is 4.79 Å². The summed E-state index contributed by atoms with van der Waals surface area (Å²) in [6.07, 6.45) is 22.3. The predicted octanol–water partition coefficient (Wildman–Crippen LogP) is 7.71. The summed E-state index contributed by atoms with van der Waals surface area (Å²) in [6, 6.07) is 1.22. The lowest BCUT2D eigenvalue weighted by atomic mass is 10.0. The summed E-state index contributed by atoms with van der Waals surface area (Å²) in [5.74, 6) is 1.91. The first-order valence-electron chi connectivity index (χ1n) is 17.6. The van der Waals surface area contributed by atoms with Crippen LogP contribution in [0.25, 0.3) is 0 Å². The van der Waals surface area contributed by atoms with Gasteiger partial charge in [0.05, 0.1) is 0 Å². The van der Waals surface area contributed by atoms with Gasteiger partial charge in [-0.15, -0.1) is 0 Å². The van der Waals surface area contributed by atoms with Crippen LogP contribution < -0.4 is 11.2 Å². The average Bonchev–Trinajstić information content (AvgIpc) is 3.29. The van der Waals surface area contributed by atoms with E-state index in [1.54, 1.807) is 19.4 Å². The minimum Gasteiger partial charge on any atom is -0.387 e. The molecule has 1 saturated heterocycles. The first-order chi connectivity index (χ1) is 21.6. The summed E-state index contributed by atoms with van der Waals surface area (Å²) in [4.78, 5) is 38.4. The van der Waals surface area contributed by atoms with E-state index in [4.69, 9.17) is 9.47 Å². The third-order valence-corrected chi connectivity index (χ3v) is 9.37. The van der Waals surface area contributed by atoms with E-state index < -0.39 is 42.9 Å². The molecule has 10 heteroatoms. The number of aromatic nitrogens is 2. The zero-order chi connectivity index (χ0) is 32.9. The van der Waals surface area contributed by atoms with Crippen LogP contribution in [-0.4, -0.2) is 58.7 Å². The smallest absolute Gasteiger partial charge is 0.330 e. The van der Waals surface area contributed by atoms with Crippen LogP contribution in [0.1, 0.15) is 142 Å². The zero-order valence-corrected chi connectivity index (χ0v) is 29.2. The molecule has 1 fully saturated rings. The number of H-pyrrole nitrogens is 1. The number of Topliss-reactive ketones (excluding diaryl/α,β-unsaturated/α-hetero) is 1. The van der Waals surface area contributed by atoms with E-state index in [2.05, 4.69) is 11.9 Å². The molecule has 1 aliphatic heterocycles. The number of hydrogen-bond donors (Lipinski definition) is 2. The number of hydrogen-bond acceptors (Lipinski definition) is 7. The predicted molar refractivity (Wildman–Crippen MR) is 183 cm³/mol. The second-order valence-electron chi connectivity index (χ2n) is 13.2. The highest BCUT2D eigenvalue weighted by Gasteiger charge is 2.45. The molecule has 2 heterocycles. The SMILES string of the molecule is CCCCCCCCCCCCCCCC(=O)CCCCCCCO[C@@H]1[C@H](O)[C@@H](/C=C/P(C)(C)=O)O[C@H]1n1ccc(=O)[nH]c1=O. The number of aliphatic hydroxyl groups excluding tert-OH is 1. The first-order valence-corrected chi connectivity index (χ1v) is 20.3. The maximum absolute atomic E-state index is 12.4. The van der Waals surface area contributed by atoms with E-state index >= 15 is 0 Å². The Hall–Kier alpha value is -1.80. The Morgan fingerprint density at radius 3 is 1.91 bits per heavy atom. The van der Waals surface area contributed by atoms with Crippen molar-refractivity contribution in [2.45, 2.75) is 160 Å². The van der Waals surface area contributed by atoms with Crippen molar-refractivity contribution >= 4 is 12.9 Å². The molecule has 1 aliphatic rings. The summed E-state index contributed by atoms with van der Waals surface area (Å²) < 4.78 is 25.3. The van der Waals surface area contributed by atoms with Gasteiger partial charge in [-0.2, -0.15) is 0 Å². The number of ether oxygens (including phenoxy) is 2. The fourth-order valence-corrected chi connectivity index (χ4v) is 6.38. The van der Waals surface area contributed by atoms with Gasteiger partial charge in [0.25, 0.3) is 5.56 Å². The van der Waals surface area contributed by atoms with Gasteiger partial charge in [-0.3, -0.25) is 19.1 Å². The van der Waals surface area contributed by atoms with Gasteiger partial charge < -0.3 is 19.1 Å². The Morgan fingerprint density at radius 2 is 1.40 bits per heavy atom. The molecule has 0 amide bonds. The molecule has 0 radical (unpaired) electrons. The minimum atomic E-state index is -2.49. The lowest BCUT2D eigenvalue weighted by Crippen LogP contribution is -2.39. The van der Waals surface area contributed by atoms with Gasteiger partial charge in [0, 0.05) is 31.7 Å². The number of aliphatic hydroxyl groups is 1. The van der Waals surface area contributed by atoms with Crippen LogP contribution in [0.3, 0.4) is 0 Å². The molecule has 0 saturated carbocycles. The lowest BCUT2D eigenvalue weighted by molar-refractivity contribution is -0.119. The van der Waals surface area contributed by atoms with Gasteiger partial charge >= 0.3 is 5.69 Å². The van der Waals surface area contributed by atoms with Crippen molar-refractivity contribution in [3.63, 3.8) is 0 Å². The van der Waals surface area contributed by atoms with E-state index in [0.717, 1.165) is 44.9 Å². The minimum absolute atomic E-state index is 0.369. The molecule has 0 aliphatic carbocycles. The summed E-state index contributed by atoms with van der Waals surface area (Å²) >= 11 is 0. The molecule has 4 atom stereocenters. The maximum atomic E-state index is 12.4. The topological polar surface area (TPSA) is 128 Å². The van der Waals surface area contributed by atoms with Gasteiger partial charge in [0.2, 0.25) is 0 Å². The highest BCUT2D eigenvalue weighted by molar-refractivity contribution is 7.65. The van der Waals surface area contributed by atoms with E-state index in [-0.39, 0.29) is 0 Å². The zero-order valence-electron chi connectivity index (χ0n) is 28.3. The lowest BCUT2D eigenvalue weighted by Gasteiger charge is -2.22. The summed E-state index contributed by atoms with van der Waals surface area (Å²) in [6.45, 7) is 5.85. The molecular weight excluding hydrogens is 591 g/mol. The Morgan fingerprint density at radius 1 is 0.889 bits per heavy atom. The Balaban J connectivity index is 1.55.